The van der Waals surface area contributed by atoms with Crippen molar-refractivity contribution >= 4 is 45.8 Å². The summed E-state index contributed by atoms with van der Waals surface area (Å²) in [4.78, 5) is 40.9. The van der Waals surface area contributed by atoms with Crippen LogP contribution in [0.2, 0.25) is 0 Å². The van der Waals surface area contributed by atoms with Gasteiger partial charge in [-0.25, -0.2) is 9.78 Å². The number of nitrogens with zero attached hydrogens (tertiary/aromatic N) is 2. The molecule has 0 saturated heterocycles. The van der Waals surface area contributed by atoms with E-state index in [0.29, 0.717) is 46.3 Å². The van der Waals surface area contributed by atoms with Crippen LogP contribution in [0.3, 0.4) is 0 Å². The van der Waals surface area contributed by atoms with Crippen LogP contribution < -0.4 is 5.32 Å². The summed E-state index contributed by atoms with van der Waals surface area (Å²) in [5, 5.41) is 14.2. The van der Waals surface area contributed by atoms with E-state index in [0.717, 1.165) is 16.8 Å². The summed E-state index contributed by atoms with van der Waals surface area (Å²) in [5.74, 6) is -0.455. The van der Waals surface area contributed by atoms with Crippen molar-refractivity contribution in [3.63, 3.8) is 0 Å². The molecule has 0 saturated carbocycles. The Balaban J connectivity index is 1.38. The Hall–Kier alpha value is -4.79. The lowest BCUT2D eigenvalue weighted by molar-refractivity contribution is -0.384. The molecule has 2 aromatic carbocycles. The van der Waals surface area contributed by atoms with Gasteiger partial charge in [0.1, 0.15) is 5.76 Å². The number of benzene rings is 2. The highest BCUT2D eigenvalue weighted by atomic mass is 16.6. The number of furan rings is 1. The second-order valence-electron chi connectivity index (χ2n) is 8.40. The summed E-state index contributed by atoms with van der Waals surface area (Å²) >= 11 is 0. The van der Waals surface area contributed by atoms with Gasteiger partial charge in [0.05, 0.1) is 28.0 Å². The molecular formula is C27H21N3O6. The first kappa shape index (κ1) is 23.0. The minimum atomic E-state index is -0.611. The predicted octanol–water partition coefficient (Wildman–Crippen LogP) is 5.33. The van der Waals surface area contributed by atoms with E-state index in [-0.39, 0.29) is 5.69 Å². The van der Waals surface area contributed by atoms with Gasteiger partial charge < -0.3 is 14.5 Å². The molecule has 1 amide bonds. The molecule has 0 aliphatic heterocycles. The molecule has 9 heteroatoms. The normalized spacial score (nSPS) is 13.5. The number of rotatable bonds is 6. The number of amides is 1. The number of hydrogen-bond acceptors (Lipinski definition) is 7. The Labute approximate surface area is 205 Å². The van der Waals surface area contributed by atoms with E-state index < -0.39 is 23.4 Å². The monoisotopic (exact) mass is 483 g/mol. The number of nitrogens with one attached hydrogen (secondary N) is 1. The topological polar surface area (TPSA) is 125 Å². The van der Waals surface area contributed by atoms with Crippen LogP contribution in [0, 0.1) is 17.0 Å². The van der Waals surface area contributed by atoms with E-state index in [9.17, 15) is 19.7 Å². The first-order valence-electron chi connectivity index (χ1n) is 11.3. The number of fused-ring (bicyclic) bond motifs is 2. The van der Waals surface area contributed by atoms with Gasteiger partial charge in [0, 0.05) is 23.2 Å². The highest BCUT2D eigenvalue weighted by molar-refractivity contribution is 6.08. The molecule has 0 unspecified atom stereocenters. The molecule has 9 nitrogen and oxygen atoms in total. The Bertz CT molecular complexity index is 1540. The van der Waals surface area contributed by atoms with Gasteiger partial charge in [-0.15, -0.1) is 0 Å². The Morgan fingerprint density at radius 1 is 1.17 bits per heavy atom. The third kappa shape index (κ3) is 4.46. The number of hydrogen-bond donors (Lipinski definition) is 1. The first-order valence-corrected chi connectivity index (χ1v) is 11.3. The molecule has 0 fully saturated rings. The molecule has 36 heavy (non-hydrogen) atoms. The summed E-state index contributed by atoms with van der Waals surface area (Å²) < 4.78 is 10.9. The van der Waals surface area contributed by atoms with Crippen molar-refractivity contribution in [1.82, 2.24) is 4.98 Å². The average molecular weight is 483 g/mol. The molecule has 1 N–H and O–H groups in total. The van der Waals surface area contributed by atoms with Crippen LogP contribution in [-0.2, 0) is 16.0 Å². The zero-order valence-electron chi connectivity index (χ0n) is 19.3. The lowest BCUT2D eigenvalue weighted by Crippen LogP contribution is -2.22. The summed E-state index contributed by atoms with van der Waals surface area (Å²) in [6.45, 7) is 1.14. The fourth-order valence-electron chi connectivity index (χ4n) is 4.35. The number of aromatic nitrogens is 1. The number of nitro benzene ring substituents is 1. The van der Waals surface area contributed by atoms with Crippen molar-refractivity contribution in [3.05, 3.63) is 99.1 Å². The standard InChI is InChI=1S/C27H21N3O6/c1-16-13-18(30(33)34)9-11-22(16)28-24(31)15-36-27(32)25-20-6-2-3-7-23(20)29-26-17(8-10-21(25)26)14-19-5-4-12-35-19/h2-7,9,11-14H,8,10,15H2,1H3,(H,28,31). The van der Waals surface area contributed by atoms with Crippen LogP contribution in [0.1, 0.15) is 39.4 Å². The van der Waals surface area contributed by atoms with Gasteiger partial charge in [0.25, 0.3) is 11.6 Å². The summed E-state index contributed by atoms with van der Waals surface area (Å²) in [5.41, 5.74) is 4.38. The molecule has 180 valence electrons. The zero-order valence-corrected chi connectivity index (χ0v) is 19.3. The number of aryl methyl sites for hydroxylation is 1. The number of nitro groups is 1. The van der Waals surface area contributed by atoms with E-state index >= 15 is 0 Å². The largest absolute Gasteiger partial charge is 0.465 e. The summed E-state index contributed by atoms with van der Waals surface area (Å²) in [7, 11) is 0. The maximum absolute atomic E-state index is 13.2. The molecule has 4 aromatic rings. The SMILES string of the molecule is Cc1cc([N+](=O)[O-])ccc1NC(=O)COC(=O)c1c2c(nc3ccccc13)C(=Cc1ccco1)CC2. The Kier molecular flexibility index (Phi) is 6.03. The zero-order chi connectivity index (χ0) is 25.2. The Morgan fingerprint density at radius 3 is 2.75 bits per heavy atom. The van der Waals surface area contributed by atoms with Crippen LogP contribution >= 0.6 is 0 Å². The van der Waals surface area contributed by atoms with Gasteiger partial charge in [-0.3, -0.25) is 14.9 Å². The smallest absolute Gasteiger partial charge is 0.339 e. The average Bonchev–Trinajstić information content (AvgIpc) is 3.52. The predicted molar refractivity (Wildman–Crippen MR) is 133 cm³/mol. The number of non-ortho nitro benzene ring substituents is 1. The number of anilines is 1. The highest BCUT2D eigenvalue weighted by Gasteiger charge is 2.28. The molecule has 0 bridgehead atoms. The van der Waals surface area contributed by atoms with E-state index in [1.54, 1.807) is 13.2 Å². The van der Waals surface area contributed by atoms with Crippen LogP contribution in [0.5, 0.6) is 0 Å². The molecule has 0 spiro atoms. The molecular weight excluding hydrogens is 462 g/mol. The first-order chi connectivity index (χ1) is 17.4. The van der Waals surface area contributed by atoms with E-state index in [1.165, 1.54) is 18.2 Å². The van der Waals surface area contributed by atoms with Crippen LogP contribution in [0.25, 0.3) is 22.6 Å². The molecule has 0 radical (unpaired) electrons. The van der Waals surface area contributed by atoms with Crippen molar-refractivity contribution in [2.45, 2.75) is 19.8 Å². The fourth-order valence-corrected chi connectivity index (χ4v) is 4.35. The molecule has 1 aliphatic carbocycles. The minimum Gasteiger partial charge on any atom is -0.465 e. The summed E-state index contributed by atoms with van der Waals surface area (Å²) in [6.07, 6.45) is 4.82. The molecule has 1 aliphatic rings. The van der Waals surface area contributed by atoms with Gasteiger partial charge in [-0.1, -0.05) is 18.2 Å². The second kappa shape index (κ2) is 9.46. The van der Waals surface area contributed by atoms with Gasteiger partial charge in [0.15, 0.2) is 6.61 Å². The lowest BCUT2D eigenvalue weighted by Gasteiger charge is -2.13. The van der Waals surface area contributed by atoms with Gasteiger partial charge >= 0.3 is 5.97 Å². The molecule has 2 aromatic heterocycles. The van der Waals surface area contributed by atoms with Gasteiger partial charge in [-0.2, -0.15) is 0 Å². The van der Waals surface area contributed by atoms with Crippen molar-refractivity contribution in [3.8, 4) is 0 Å². The lowest BCUT2D eigenvalue weighted by atomic mass is 10.0. The van der Waals surface area contributed by atoms with Crippen molar-refractivity contribution in [2.24, 2.45) is 0 Å². The number of pyridine rings is 1. The fraction of sp³-hybridized carbons (Fsp3) is 0.148. The number of esters is 1. The number of carbonyl (C=O) groups excluding carboxylic acids is 2. The van der Waals surface area contributed by atoms with Gasteiger partial charge in [-0.05, 0) is 66.8 Å². The second-order valence-corrected chi connectivity index (χ2v) is 8.40. The third-order valence-corrected chi connectivity index (χ3v) is 6.03. The van der Waals surface area contributed by atoms with E-state index in [2.05, 4.69) is 5.32 Å². The molecule has 5 rings (SSSR count). The molecule has 2 heterocycles. The maximum atomic E-state index is 13.2. The van der Waals surface area contributed by atoms with Gasteiger partial charge in [0.2, 0.25) is 0 Å². The third-order valence-electron chi connectivity index (χ3n) is 6.03. The maximum Gasteiger partial charge on any atom is 0.339 e. The van der Waals surface area contributed by atoms with Crippen molar-refractivity contribution in [2.75, 3.05) is 11.9 Å². The van der Waals surface area contributed by atoms with Crippen molar-refractivity contribution < 1.29 is 23.7 Å². The van der Waals surface area contributed by atoms with E-state index in [4.69, 9.17) is 14.1 Å². The number of para-hydroxylation sites is 1. The quantitative estimate of drug-likeness (QED) is 0.223. The van der Waals surface area contributed by atoms with Crippen LogP contribution in [0.15, 0.2) is 65.3 Å². The van der Waals surface area contributed by atoms with Crippen LogP contribution in [0.4, 0.5) is 11.4 Å². The van der Waals surface area contributed by atoms with Crippen molar-refractivity contribution in [1.29, 1.82) is 0 Å². The van der Waals surface area contributed by atoms with Crippen LogP contribution in [-0.4, -0.2) is 28.4 Å². The summed E-state index contributed by atoms with van der Waals surface area (Å²) in [6, 6.07) is 15.1. The number of carbonyl (C=O) groups is 2. The minimum absolute atomic E-state index is 0.0733. The number of allylic oxidation sites excluding steroid dienone is 1. The number of ether oxygens (including phenoxy) is 1. The molecule has 0 atom stereocenters. The Morgan fingerprint density at radius 2 is 2.00 bits per heavy atom. The van der Waals surface area contributed by atoms with E-state index in [1.807, 2.05) is 42.5 Å². The highest BCUT2D eigenvalue weighted by Crippen LogP contribution is 2.37.